The zero-order valence-electron chi connectivity index (χ0n) is 9.30. The Balaban J connectivity index is 2.74. The molecule has 0 N–H and O–H groups in total. The molecule has 0 heterocycles. The summed E-state index contributed by atoms with van der Waals surface area (Å²) in [5.41, 5.74) is 1.29. The van der Waals surface area contributed by atoms with Crippen molar-refractivity contribution in [2.45, 2.75) is 50.6 Å². The normalized spacial score (nSPS) is 20.1. The fourth-order valence-corrected chi connectivity index (χ4v) is 6.62. The maximum Gasteiger partial charge on any atom is 0.343 e. The van der Waals surface area contributed by atoms with E-state index >= 15 is 0 Å². The second-order valence-electron chi connectivity index (χ2n) is 4.27. The van der Waals surface area contributed by atoms with E-state index < -0.39 is 8.56 Å². The lowest BCUT2D eigenvalue weighted by atomic mass is 10.4. The van der Waals surface area contributed by atoms with Crippen LogP contribution in [0, 0.1) is 0 Å². The summed E-state index contributed by atoms with van der Waals surface area (Å²) in [4.78, 5) is 0. The molecule has 0 amide bonds. The Kier molecular flexibility index (Phi) is 3.95. The van der Waals surface area contributed by atoms with E-state index in [-0.39, 0.29) is 0 Å². The first kappa shape index (κ1) is 11.2. The first-order chi connectivity index (χ1) is 6.17. The van der Waals surface area contributed by atoms with Crippen LogP contribution in [0.15, 0.2) is 0 Å². The van der Waals surface area contributed by atoms with Crippen LogP contribution in [0.4, 0.5) is 0 Å². The number of rotatable bonds is 4. The van der Waals surface area contributed by atoms with Crippen LogP contribution in [0.25, 0.3) is 0 Å². The molecule has 1 saturated carbocycles. The summed E-state index contributed by atoms with van der Waals surface area (Å²) in [5.74, 6) is 0. The van der Waals surface area contributed by atoms with Crippen LogP contribution in [0.3, 0.4) is 0 Å². The van der Waals surface area contributed by atoms with Crippen molar-refractivity contribution in [1.82, 2.24) is 0 Å². The molecule has 1 aliphatic rings. The van der Waals surface area contributed by atoms with E-state index in [9.17, 15) is 0 Å². The molecule has 0 atom stereocenters. The molecule has 0 bridgehead atoms. The highest BCUT2D eigenvalue weighted by Gasteiger charge is 2.48. The van der Waals surface area contributed by atoms with Crippen molar-refractivity contribution in [3.8, 4) is 0 Å². The third-order valence-electron chi connectivity index (χ3n) is 3.37. The van der Waals surface area contributed by atoms with E-state index in [1.165, 1.54) is 25.7 Å². The van der Waals surface area contributed by atoms with Gasteiger partial charge in [0, 0.05) is 19.8 Å². The molecule has 1 rings (SSSR count). The van der Waals surface area contributed by atoms with Crippen LogP contribution < -0.4 is 0 Å². The van der Waals surface area contributed by atoms with E-state index in [0.717, 1.165) is 5.54 Å². The maximum atomic E-state index is 5.75. The molecule has 0 saturated heterocycles. The molecular formula is C10H22O2Si. The van der Waals surface area contributed by atoms with Gasteiger partial charge in [-0.05, 0) is 18.4 Å². The van der Waals surface area contributed by atoms with E-state index in [2.05, 4.69) is 13.8 Å². The van der Waals surface area contributed by atoms with Gasteiger partial charge in [0.25, 0.3) is 0 Å². The third kappa shape index (κ3) is 1.97. The Morgan fingerprint density at radius 1 is 1.08 bits per heavy atom. The minimum Gasteiger partial charge on any atom is -0.397 e. The van der Waals surface area contributed by atoms with Crippen molar-refractivity contribution in [3.63, 3.8) is 0 Å². The second-order valence-corrected chi connectivity index (χ2v) is 8.50. The maximum absolute atomic E-state index is 5.75. The van der Waals surface area contributed by atoms with Crippen molar-refractivity contribution in [2.24, 2.45) is 0 Å². The van der Waals surface area contributed by atoms with Gasteiger partial charge in [-0.15, -0.1) is 0 Å². The van der Waals surface area contributed by atoms with Gasteiger partial charge in [0.05, 0.1) is 0 Å². The van der Waals surface area contributed by atoms with E-state index in [4.69, 9.17) is 8.85 Å². The fraction of sp³-hybridized carbons (Fsp3) is 1.00. The molecule has 78 valence electrons. The number of hydrogen-bond acceptors (Lipinski definition) is 2. The summed E-state index contributed by atoms with van der Waals surface area (Å²) in [6.45, 7) is 4.47. The zero-order valence-corrected chi connectivity index (χ0v) is 10.3. The van der Waals surface area contributed by atoms with Crippen molar-refractivity contribution in [1.29, 1.82) is 0 Å². The summed E-state index contributed by atoms with van der Waals surface area (Å²) in [7, 11) is 1.77. The van der Waals surface area contributed by atoms with E-state index in [1.807, 2.05) is 14.2 Å². The standard InChI is InChI=1S/C10H22O2Si/c1-9(2)13(11-3,12-4)10-7-5-6-8-10/h9-10H,5-8H2,1-4H3. The molecule has 3 heteroatoms. The van der Waals surface area contributed by atoms with Crippen LogP contribution in [0.1, 0.15) is 39.5 Å². The van der Waals surface area contributed by atoms with Crippen LogP contribution >= 0.6 is 0 Å². The lowest BCUT2D eigenvalue weighted by Crippen LogP contribution is -2.47. The minimum atomic E-state index is -1.89. The van der Waals surface area contributed by atoms with Gasteiger partial charge in [-0.3, -0.25) is 0 Å². The molecule has 2 nitrogen and oxygen atoms in total. The summed E-state index contributed by atoms with van der Waals surface area (Å²) in [5, 5.41) is 0. The predicted octanol–water partition coefficient (Wildman–Crippen LogP) is 3.08. The summed E-state index contributed by atoms with van der Waals surface area (Å²) < 4.78 is 11.5. The zero-order chi connectivity index (χ0) is 9.90. The lowest BCUT2D eigenvalue weighted by Gasteiger charge is -2.36. The Labute approximate surface area is 82.9 Å². The molecule has 13 heavy (non-hydrogen) atoms. The Hall–Kier alpha value is 0.137. The van der Waals surface area contributed by atoms with Crippen LogP contribution in [0.2, 0.25) is 11.1 Å². The Morgan fingerprint density at radius 2 is 1.54 bits per heavy atom. The molecule has 0 aliphatic heterocycles. The fourth-order valence-electron chi connectivity index (χ4n) is 2.69. The van der Waals surface area contributed by atoms with Crippen molar-refractivity contribution in [3.05, 3.63) is 0 Å². The highest BCUT2D eigenvalue weighted by molar-refractivity contribution is 6.70. The van der Waals surface area contributed by atoms with Crippen molar-refractivity contribution >= 4 is 8.56 Å². The largest absolute Gasteiger partial charge is 0.397 e. The predicted molar refractivity (Wildman–Crippen MR) is 57.1 cm³/mol. The van der Waals surface area contributed by atoms with Gasteiger partial charge >= 0.3 is 8.56 Å². The van der Waals surface area contributed by atoms with Gasteiger partial charge in [0.1, 0.15) is 0 Å². The molecule has 0 radical (unpaired) electrons. The lowest BCUT2D eigenvalue weighted by molar-refractivity contribution is 0.219. The van der Waals surface area contributed by atoms with Crippen LogP contribution in [0.5, 0.6) is 0 Å². The first-order valence-corrected chi connectivity index (χ1v) is 7.24. The molecular weight excluding hydrogens is 180 g/mol. The molecule has 0 aromatic rings. The Morgan fingerprint density at radius 3 is 1.85 bits per heavy atom. The van der Waals surface area contributed by atoms with Crippen LogP contribution in [-0.2, 0) is 8.85 Å². The summed E-state index contributed by atoms with van der Waals surface area (Å²) >= 11 is 0. The van der Waals surface area contributed by atoms with Gasteiger partial charge in [-0.25, -0.2) is 0 Å². The van der Waals surface area contributed by atoms with E-state index in [0.29, 0.717) is 5.54 Å². The third-order valence-corrected chi connectivity index (χ3v) is 7.97. The molecule has 1 aliphatic carbocycles. The monoisotopic (exact) mass is 202 g/mol. The highest BCUT2D eigenvalue weighted by Crippen LogP contribution is 2.44. The molecule has 0 spiro atoms. The highest BCUT2D eigenvalue weighted by atomic mass is 28.4. The van der Waals surface area contributed by atoms with Crippen LogP contribution in [-0.4, -0.2) is 22.8 Å². The minimum absolute atomic E-state index is 0.561. The van der Waals surface area contributed by atoms with E-state index in [1.54, 1.807) is 0 Å². The topological polar surface area (TPSA) is 18.5 Å². The quantitative estimate of drug-likeness (QED) is 0.652. The average molecular weight is 202 g/mol. The molecule has 0 aromatic carbocycles. The average Bonchev–Trinajstić information content (AvgIpc) is 2.60. The van der Waals surface area contributed by atoms with Gasteiger partial charge in [-0.2, -0.15) is 0 Å². The molecule has 1 fully saturated rings. The second kappa shape index (κ2) is 4.58. The van der Waals surface area contributed by atoms with Gasteiger partial charge in [0.15, 0.2) is 0 Å². The molecule has 0 unspecified atom stereocenters. The van der Waals surface area contributed by atoms with Gasteiger partial charge in [-0.1, -0.05) is 26.7 Å². The van der Waals surface area contributed by atoms with Gasteiger partial charge in [0.2, 0.25) is 0 Å². The smallest absolute Gasteiger partial charge is 0.343 e. The van der Waals surface area contributed by atoms with Crippen molar-refractivity contribution < 1.29 is 8.85 Å². The number of hydrogen-bond donors (Lipinski definition) is 0. The van der Waals surface area contributed by atoms with Crippen molar-refractivity contribution in [2.75, 3.05) is 14.2 Å². The SMILES string of the molecule is CO[Si](OC)(C(C)C)C1CCCC1. The summed E-state index contributed by atoms with van der Waals surface area (Å²) in [6.07, 6.45) is 5.34. The van der Waals surface area contributed by atoms with Gasteiger partial charge < -0.3 is 8.85 Å². The summed E-state index contributed by atoms with van der Waals surface area (Å²) in [6, 6.07) is 0. The first-order valence-electron chi connectivity index (χ1n) is 5.27. The Bertz CT molecular complexity index is 149. The molecule has 0 aromatic heterocycles.